The van der Waals surface area contributed by atoms with Crippen molar-refractivity contribution < 1.29 is 19.4 Å². The molecule has 0 aliphatic carbocycles. The molecule has 0 saturated carbocycles. The summed E-state index contributed by atoms with van der Waals surface area (Å²) in [6.45, 7) is 4.44. The average molecular weight is 338 g/mol. The van der Waals surface area contributed by atoms with E-state index < -0.39 is 0 Å². The molecule has 0 radical (unpaired) electrons. The van der Waals surface area contributed by atoms with Crippen LogP contribution in [0.3, 0.4) is 0 Å². The molecule has 4 nitrogen and oxygen atoms in total. The van der Waals surface area contributed by atoms with Crippen LogP contribution in [0.2, 0.25) is 0 Å². The SMILES string of the molecule is COc1cc(C(=O)C=Cc2ccccc2O)ccc1OCC=C(C)C. The van der Waals surface area contributed by atoms with Crippen molar-refractivity contribution in [1.29, 1.82) is 0 Å². The van der Waals surface area contributed by atoms with Crippen LogP contribution in [0.15, 0.2) is 60.2 Å². The molecule has 0 fully saturated rings. The lowest BCUT2D eigenvalue weighted by molar-refractivity contribution is 0.104. The van der Waals surface area contributed by atoms with Crippen LogP contribution in [-0.4, -0.2) is 24.6 Å². The molecule has 0 heterocycles. The maximum Gasteiger partial charge on any atom is 0.185 e. The summed E-state index contributed by atoms with van der Waals surface area (Å²) in [5.41, 5.74) is 2.24. The van der Waals surface area contributed by atoms with Gasteiger partial charge in [-0.15, -0.1) is 0 Å². The van der Waals surface area contributed by atoms with Crippen molar-refractivity contribution in [2.45, 2.75) is 13.8 Å². The number of rotatable bonds is 7. The third-order valence-corrected chi connectivity index (χ3v) is 3.53. The van der Waals surface area contributed by atoms with Crippen molar-refractivity contribution in [3.05, 3.63) is 71.3 Å². The molecular formula is C21H22O4. The molecule has 1 N–H and O–H groups in total. The van der Waals surface area contributed by atoms with Crippen LogP contribution in [0, 0.1) is 0 Å². The first-order valence-electron chi connectivity index (χ1n) is 7.96. The molecule has 0 aliphatic heterocycles. The highest BCUT2D eigenvalue weighted by Gasteiger charge is 2.09. The third kappa shape index (κ3) is 5.24. The predicted octanol–water partition coefficient (Wildman–Crippen LogP) is 4.64. The Hall–Kier alpha value is -3.01. The number of benzene rings is 2. The highest BCUT2D eigenvalue weighted by atomic mass is 16.5. The Morgan fingerprint density at radius 2 is 1.88 bits per heavy atom. The van der Waals surface area contributed by atoms with Gasteiger partial charge in [-0.1, -0.05) is 23.8 Å². The molecule has 0 aromatic heterocycles. The van der Waals surface area contributed by atoms with Crippen molar-refractivity contribution in [2.75, 3.05) is 13.7 Å². The number of phenols is 1. The smallest absolute Gasteiger partial charge is 0.185 e. The van der Waals surface area contributed by atoms with Crippen LogP contribution >= 0.6 is 0 Å². The highest BCUT2D eigenvalue weighted by molar-refractivity contribution is 6.07. The van der Waals surface area contributed by atoms with E-state index in [4.69, 9.17) is 9.47 Å². The summed E-state index contributed by atoms with van der Waals surface area (Å²) in [6.07, 6.45) is 4.98. The Labute approximate surface area is 148 Å². The van der Waals surface area contributed by atoms with Crippen molar-refractivity contribution in [2.24, 2.45) is 0 Å². The number of hydrogen-bond acceptors (Lipinski definition) is 4. The van der Waals surface area contributed by atoms with Gasteiger partial charge in [0.1, 0.15) is 12.4 Å². The minimum Gasteiger partial charge on any atom is -0.507 e. The number of phenolic OH excluding ortho intramolecular Hbond substituents is 1. The van der Waals surface area contributed by atoms with Crippen molar-refractivity contribution >= 4 is 11.9 Å². The number of carbonyl (C=O) groups excluding carboxylic acids is 1. The van der Waals surface area contributed by atoms with Crippen LogP contribution in [0.1, 0.15) is 29.8 Å². The number of para-hydroxylation sites is 1. The van der Waals surface area contributed by atoms with Gasteiger partial charge < -0.3 is 14.6 Å². The fraction of sp³-hybridized carbons (Fsp3) is 0.190. The summed E-state index contributed by atoms with van der Waals surface area (Å²) in [7, 11) is 1.54. The monoisotopic (exact) mass is 338 g/mol. The van der Waals surface area contributed by atoms with E-state index in [1.807, 2.05) is 19.9 Å². The number of ketones is 1. The molecule has 130 valence electrons. The van der Waals surface area contributed by atoms with Gasteiger partial charge in [-0.25, -0.2) is 0 Å². The second-order valence-electron chi connectivity index (χ2n) is 5.71. The lowest BCUT2D eigenvalue weighted by Crippen LogP contribution is -2.00. The molecule has 0 atom stereocenters. The summed E-state index contributed by atoms with van der Waals surface area (Å²) in [5, 5.41) is 9.73. The molecule has 2 rings (SSSR count). The van der Waals surface area contributed by atoms with Gasteiger partial charge in [0.15, 0.2) is 17.3 Å². The van der Waals surface area contributed by atoms with Gasteiger partial charge in [0.05, 0.1) is 7.11 Å². The molecule has 0 spiro atoms. The summed E-state index contributed by atoms with van der Waals surface area (Å²) < 4.78 is 11.0. The number of allylic oxidation sites excluding steroid dienone is 2. The van der Waals surface area contributed by atoms with Gasteiger partial charge in [-0.3, -0.25) is 4.79 Å². The quantitative estimate of drug-likeness (QED) is 0.454. The normalized spacial score (nSPS) is 10.5. The molecule has 4 heteroatoms. The van der Waals surface area contributed by atoms with Gasteiger partial charge in [0.2, 0.25) is 0 Å². The molecule has 25 heavy (non-hydrogen) atoms. The van der Waals surface area contributed by atoms with Crippen molar-refractivity contribution in [1.82, 2.24) is 0 Å². The van der Waals surface area contributed by atoms with E-state index in [1.54, 1.807) is 48.5 Å². The predicted molar refractivity (Wildman–Crippen MR) is 99.4 cm³/mol. The van der Waals surface area contributed by atoms with E-state index in [1.165, 1.54) is 18.8 Å². The minimum atomic E-state index is -0.183. The van der Waals surface area contributed by atoms with E-state index in [-0.39, 0.29) is 11.5 Å². The summed E-state index contributed by atoms with van der Waals surface area (Å²) in [5.74, 6) is 1.04. The number of carbonyl (C=O) groups is 1. The molecule has 0 bridgehead atoms. The fourth-order valence-corrected chi connectivity index (χ4v) is 2.13. The zero-order valence-electron chi connectivity index (χ0n) is 14.7. The summed E-state index contributed by atoms with van der Waals surface area (Å²) in [4.78, 5) is 12.3. The molecule has 0 saturated heterocycles. The highest BCUT2D eigenvalue weighted by Crippen LogP contribution is 2.28. The molecule has 0 unspecified atom stereocenters. The Kier molecular flexibility index (Phi) is 6.40. The number of methoxy groups -OCH3 is 1. The number of aromatic hydroxyl groups is 1. The first-order valence-corrected chi connectivity index (χ1v) is 7.96. The first kappa shape index (κ1) is 18.3. The van der Waals surface area contributed by atoms with Gasteiger partial charge >= 0.3 is 0 Å². The standard InChI is InChI=1S/C21H22O4/c1-15(2)12-13-25-20-11-9-17(14-21(20)24-3)19(23)10-8-16-6-4-5-7-18(16)22/h4-12,14,22H,13H2,1-3H3. The van der Waals surface area contributed by atoms with E-state index >= 15 is 0 Å². The maximum atomic E-state index is 12.3. The lowest BCUT2D eigenvalue weighted by atomic mass is 10.1. The average Bonchev–Trinajstić information content (AvgIpc) is 2.60. The molecule has 0 aliphatic rings. The Bertz CT molecular complexity index is 799. The molecule has 0 amide bonds. The first-order chi connectivity index (χ1) is 12.0. The summed E-state index contributed by atoms with van der Waals surface area (Å²) in [6, 6.07) is 11.9. The topological polar surface area (TPSA) is 55.8 Å². The van der Waals surface area contributed by atoms with Crippen LogP contribution in [0.25, 0.3) is 6.08 Å². The molecule has 2 aromatic rings. The van der Waals surface area contributed by atoms with Crippen LogP contribution in [0.5, 0.6) is 17.2 Å². The number of ether oxygens (including phenoxy) is 2. The largest absolute Gasteiger partial charge is 0.507 e. The van der Waals surface area contributed by atoms with Gasteiger partial charge in [-0.2, -0.15) is 0 Å². The van der Waals surface area contributed by atoms with E-state index in [0.717, 1.165) is 0 Å². The zero-order valence-corrected chi connectivity index (χ0v) is 14.7. The third-order valence-electron chi connectivity index (χ3n) is 3.53. The van der Waals surface area contributed by atoms with Crippen molar-refractivity contribution in [3.63, 3.8) is 0 Å². The minimum absolute atomic E-state index is 0.132. The molecule has 2 aromatic carbocycles. The Balaban J connectivity index is 2.15. The Morgan fingerprint density at radius 3 is 2.56 bits per heavy atom. The maximum absolute atomic E-state index is 12.3. The van der Waals surface area contributed by atoms with Crippen LogP contribution < -0.4 is 9.47 Å². The molecular weight excluding hydrogens is 316 g/mol. The fourth-order valence-electron chi connectivity index (χ4n) is 2.13. The second-order valence-corrected chi connectivity index (χ2v) is 5.71. The van der Waals surface area contributed by atoms with Gasteiger partial charge in [0, 0.05) is 11.1 Å². The lowest BCUT2D eigenvalue weighted by Gasteiger charge is -2.10. The Morgan fingerprint density at radius 1 is 1.12 bits per heavy atom. The van der Waals surface area contributed by atoms with Gasteiger partial charge in [-0.05, 0) is 56.3 Å². The van der Waals surface area contributed by atoms with E-state index in [2.05, 4.69) is 0 Å². The van der Waals surface area contributed by atoms with Crippen LogP contribution in [0.4, 0.5) is 0 Å². The van der Waals surface area contributed by atoms with Crippen molar-refractivity contribution in [3.8, 4) is 17.2 Å². The van der Waals surface area contributed by atoms with Gasteiger partial charge in [0.25, 0.3) is 0 Å². The van der Waals surface area contributed by atoms with E-state index in [0.29, 0.717) is 29.2 Å². The van der Waals surface area contributed by atoms with Crippen LogP contribution in [-0.2, 0) is 0 Å². The number of hydrogen-bond donors (Lipinski definition) is 1. The van der Waals surface area contributed by atoms with E-state index in [9.17, 15) is 9.90 Å². The zero-order chi connectivity index (χ0) is 18.2. The summed E-state index contributed by atoms with van der Waals surface area (Å²) >= 11 is 0. The second kappa shape index (κ2) is 8.73.